The molecule has 0 spiro atoms. The number of fused-ring (bicyclic) bond motifs is 1. The van der Waals surface area contributed by atoms with E-state index in [2.05, 4.69) is 4.98 Å². The van der Waals surface area contributed by atoms with Crippen LogP contribution in [-0.4, -0.2) is 17.2 Å². The van der Waals surface area contributed by atoms with Crippen molar-refractivity contribution in [2.45, 2.75) is 6.10 Å². The van der Waals surface area contributed by atoms with E-state index in [0.717, 1.165) is 22.0 Å². The highest BCUT2D eigenvalue weighted by molar-refractivity contribution is 6.32. The zero-order valence-corrected chi connectivity index (χ0v) is 12.2. The predicted octanol–water partition coefficient (Wildman–Crippen LogP) is 3.98. The summed E-state index contributed by atoms with van der Waals surface area (Å²) >= 11 is 6.11. The average molecular weight is 300 g/mol. The van der Waals surface area contributed by atoms with Crippen LogP contribution in [0.4, 0.5) is 0 Å². The third-order valence-corrected chi connectivity index (χ3v) is 3.73. The maximum Gasteiger partial charge on any atom is 0.137 e. The van der Waals surface area contributed by atoms with Gasteiger partial charge in [-0.2, -0.15) is 0 Å². The van der Waals surface area contributed by atoms with Crippen molar-refractivity contribution in [2.75, 3.05) is 7.11 Å². The van der Waals surface area contributed by atoms with E-state index in [-0.39, 0.29) is 0 Å². The summed E-state index contributed by atoms with van der Waals surface area (Å²) in [7, 11) is 1.56. The molecule has 21 heavy (non-hydrogen) atoms. The second-order valence-electron chi connectivity index (χ2n) is 4.75. The maximum absolute atomic E-state index is 10.5. The van der Waals surface area contributed by atoms with E-state index in [1.807, 2.05) is 30.3 Å². The van der Waals surface area contributed by atoms with E-state index in [9.17, 15) is 5.11 Å². The van der Waals surface area contributed by atoms with Crippen LogP contribution in [0.2, 0.25) is 5.02 Å². The fraction of sp³-hybridized carbons (Fsp3) is 0.118. The van der Waals surface area contributed by atoms with E-state index >= 15 is 0 Å². The molecule has 3 rings (SSSR count). The first-order valence-electron chi connectivity index (χ1n) is 6.55. The lowest BCUT2D eigenvalue weighted by atomic mass is 10.00. The van der Waals surface area contributed by atoms with Crippen molar-refractivity contribution < 1.29 is 9.84 Å². The Hall–Kier alpha value is -2.10. The van der Waals surface area contributed by atoms with Gasteiger partial charge in [0.15, 0.2) is 0 Å². The molecule has 3 aromatic rings. The zero-order valence-electron chi connectivity index (χ0n) is 11.5. The molecule has 1 aromatic heterocycles. The predicted molar refractivity (Wildman–Crippen MR) is 83.8 cm³/mol. The van der Waals surface area contributed by atoms with Crippen LogP contribution in [0.25, 0.3) is 10.9 Å². The number of ether oxygens (including phenoxy) is 1. The SMILES string of the molecule is COc1ccc(C(O)c2ccc3cccnc3c2)cc1Cl. The molecule has 0 radical (unpaired) electrons. The van der Waals surface area contributed by atoms with Gasteiger partial charge in [-0.05, 0) is 35.4 Å². The number of rotatable bonds is 3. The van der Waals surface area contributed by atoms with Gasteiger partial charge in [0.05, 0.1) is 17.6 Å². The zero-order chi connectivity index (χ0) is 14.8. The number of aliphatic hydroxyl groups excluding tert-OH is 1. The largest absolute Gasteiger partial charge is 0.495 e. The standard InChI is InChI=1S/C17H14ClNO2/c1-21-16-7-6-12(9-14(16)18)17(20)13-5-4-11-3-2-8-19-15(11)10-13/h2-10,17,20H,1H3. The molecule has 4 heteroatoms. The molecule has 1 heterocycles. The number of benzene rings is 2. The van der Waals surface area contributed by atoms with Crippen LogP contribution >= 0.6 is 11.6 Å². The van der Waals surface area contributed by atoms with E-state index in [0.29, 0.717) is 10.8 Å². The van der Waals surface area contributed by atoms with Crippen molar-refractivity contribution in [1.29, 1.82) is 0 Å². The number of pyridine rings is 1. The fourth-order valence-corrected chi connectivity index (χ4v) is 2.56. The molecule has 0 fully saturated rings. The normalized spacial score (nSPS) is 12.3. The Kier molecular flexibility index (Phi) is 3.78. The Morgan fingerprint density at radius 2 is 1.86 bits per heavy atom. The molecule has 0 bridgehead atoms. The first-order valence-corrected chi connectivity index (χ1v) is 6.93. The summed E-state index contributed by atoms with van der Waals surface area (Å²) < 4.78 is 5.12. The average Bonchev–Trinajstić information content (AvgIpc) is 2.53. The molecular weight excluding hydrogens is 286 g/mol. The summed E-state index contributed by atoms with van der Waals surface area (Å²) in [6, 6.07) is 14.9. The third kappa shape index (κ3) is 2.71. The first kappa shape index (κ1) is 13.9. The molecule has 3 nitrogen and oxygen atoms in total. The molecule has 1 unspecified atom stereocenters. The van der Waals surface area contributed by atoms with E-state index in [4.69, 9.17) is 16.3 Å². The molecule has 1 atom stereocenters. The quantitative estimate of drug-likeness (QED) is 0.795. The Morgan fingerprint density at radius 1 is 1.10 bits per heavy atom. The van der Waals surface area contributed by atoms with Crippen molar-refractivity contribution in [3.8, 4) is 5.75 Å². The lowest BCUT2D eigenvalue weighted by molar-refractivity contribution is 0.220. The summed E-state index contributed by atoms with van der Waals surface area (Å²) in [5.41, 5.74) is 2.35. The highest BCUT2D eigenvalue weighted by atomic mass is 35.5. The molecule has 0 aliphatic carbocycles. The fourth-order valence-electron chi connectivity index (χ4n) is 2.30. The van der Waals surface area contributed by atoms with Gasteiger partial charge in [0.2, 0.25) is 0 Å². The van der Waals surface area contributed by atoms with Gasteiger partial charge < -0.3 is 9.84 Å². The molecule has 0 saturated heterocycles. The monoisotopic (exact) mass is 299 g/mol. The van der Waals surface area contributed by atoms with Crippen LogP contribution in [0, 0.1) is 0 Å². The van der Waals surface area contributed by atoms with Crippen molar-refractivity contribution in [2.24, 2.45) is 0 Å². The molecular formula is C17H14ClNO2. The van der Waals surface area contributed by atoms with Crippen molar-refractivity contribution in [3.05, 3.63) is 70.9 Å². The van der Waals surface area contributed by atoms with Crippen molar-refractivity contribution in [3.63, 3.8) is 0 Å². The summed E-state index contributed by atoms with van der Waals surface area (Å²) in [5.74, 6) is 0.591. The summed E-state index contributed by atoms with van der Waals surface area (Å²) in [5, 5.41) is 12.0. The van der Waals surface area contributed by atoms with Crippen molar-refractivity contribution >= 4 is 22.5 Å². The minimum absolute atomic E-state index is 0.480. The number of nitrogens with zero attached hydrogens (tertiary/aromatic N) is 1. The van der Waals surface area contributed by atoms with Gasteiger partial charge >= 0.3 is 0 Å². The van der Waals surface area contributed by atoms with Crippen LogP contribution in [-0.2, 0) is 0 Å². The molecule has 1 N–H and O–H groups in total. The summed E-state index contributed by atoms with van der Waals surface area (Å²) in [4.78, 5) is 4.31. The summed E-state index contributed by atoms with van der Waals surface area (Å²) in [6.45, 7) is 0. The van der Waals surface area contributed by atoms with Gasteiger partial charge in [0.25, 0.3) is 0 Å². The highest BCUT2D eigenvalue weighted by Gasteiger charge is 2.13. The molecule has 0 aliphatic heterocycles. The second kappa shape index (κ2) is 5.72. The van der Waals surface area contributed by atoms with E-state index in [1.54, 1.807) is 31.5 Å². The van der Waals surface area contributed by atoms with Gasteiger partial charge in [-0.3, -0.25) is 4.98 Å². The number of aromatic nitrogens is 1. The van der Waals surface area contributed by atoms with Crippen LogP contribution in [0.3, 0.4) is 0 Å². The lowest BCUT2D eigenvalue weighted by Crippen LogP contribution is -2.00. The maximum atomic E-state index is 10.5. The van der Waals surface area contributed by atoms with Gasteiger partial charge in [-0.25, -0.2) is 0 Å². The summed E-state index contributed by atoms with van der Waals surface area (Å²) in [6.07, 6.45) is 0.989. The second-order valence-corrected chi connectivity index (χ2v) is 5.16. The highest BCUT2D eigenvalue weighted by Crippen LogP contribution is 2.31. The number of hydrogen-bond donors (Lipinski definition) is 1. The molecule has 2 aromatic carbocycles. The number of methoxy groups -OCH3 is 1. The Balaban J connectivity index is 1.99. The van der Waals surface area contributed by atoms with Crippen LogP contribution in [0.1, 0.15) is 17.2 Å². The van der Waals surface area contributed by atoms with Gasteiger partial charge in [-0.15, -0.1) is 0 Å². The molecule has 0 saturated carbocycles. The Labute approximate surface area is 127 Å². The minimum atomic E-state index is -0.750. The van der Waals surface area contributed by atoms with Crippen molar-refractivity contribution in [1.82, 2.24) is 4.98 Å². The number of halogens is 1. The van der Waals surface area contributed by atoms with Crippen LogP contribution in [0.5, 0.6) is 5.75 Å². The first-order chi connectivity index (χ1) is 10.2. The van der Waals surface area contributed by atoms with Crippen LogP contribution < -0.4 is 4.74 Å². The van der Waals surface area contributed by atoms with Gasteiger partial charge in [0.1, 0.15) is 11.9 Å². The minimum Gasteiger partial charge on any atom is -0.495 e. The lowest BCUT2D eigenvalue weighted by Gasteiger charge is -2.13. The Morgan fingerprint density at radius 3 is 2.62 bits per heavy atom. The van der Waals surface area contributed by atoms with E-state index in [1.165, 1.54) is 0 Å². The van der Waals surface area contributed by atoms with Gasteiger partial charge in [0, 0.05) is 11.6 Å². The molecule has 106 valence electrons. The topological polar surface area (TPSA) is 42.4 Å². The number of hydrogen-bond acceptors (Lipinski definition) is 3. The van der Waals surface area contributed by atoms with E-state index < -0.39 is 6.10 Å². The molecule has 0 amide bonds. The molecule has 0 aliphatic rings. The smallest absolute Gasteiger partial charge is 0.137 e. The Bertz CT molecular complexity index is 789. The van der Waals surface area contributed by atoms with Gasteiger partial charge in [-0.1, -0.05) is 35.9 Å². The number of aliphatic hydroxyl groups is 1. The van der Waals surface area contributed by atoms with Crippen LogP contribution in [0.15, 0.2) is 54.7 Å². The third-order valence-electron chi connectivity index (χ3n) is 3.44.